The summed E-state index contributed by atoms with van der Waals surface area (Å²) in [6.07, 6.45) is 2.55. The van der Waals surface area contributed by atoms with E-state index in [0.717, 1.165) is 52.1 Å². The first-order valence-corrected chi connectivity index (χ1v) is 11.2. The van der Waals surface area contributed by atoms with Crippen molar-refractivity contribution in [2.45, 2.75) is 26.2 Å². The highest BCUT2D eigenvalue weighted by atomic mass is 32.2. The van der Waals surface area contributed by atoms with Gasteiger partial charge < -0.3 is 15.0 Å². The first-order valence-electron chi connectivity index (χ1n) is 10.0. The van der Waals surface area contributed by atoms with Gasteiger partial charge in [-0.3, -0.25) is 14.5 Å². The highest BCUT2D eigenvalue weighted by Crippen LogP contribution is 2.17. The molecule has 1 amide bonds. The van der Waals surface area contributed by atoms with E-state index in [2.05, 4.69) is 51.0 Å². The van der Waals surface area contributed by atoms with E-state index < -0.39 is 0 Å². The second-order valence-corrected chi connectivity index (χ2v) is 8.21. The van der Waals surface area contributed by atoms with Gasteiger partial charge >= 0.3 is 5.97 Å². The van der Waals surface area contributed by atoms with Crippen LogP contribution >= 0.6 is 11.8 Å². The molecule has 6 nitrogen and oxygen atoms in total. The van der Waals surface area contributed by atoms with Crippen LogP contribution < -0.4 is 10.2 Å². The lowest BCUT2D eigenvalue weighted by atomic mass is 10.2. The number of esters is 1. The number of thioether (sulfide) groups is 1. The number of benzene rings is 1. The van der Waals surface area contributed by atoms with Crippen molar-refractivity contribution in [1.82, 2.24) is 10.2 Å². The zero-order valence-electron chi connectivity index (χ0n) is 17.1. The third-order valence-corrected chi connectivity index (χ3v) is 5.82. The number of nitrogens with one attached hydrogen (secondary N) is 1. The average Bonchev–Trinajstić information content (AvgIpc) is 2.71. The zero-order valence-corrected chi connectivity index (χ0v) is 17.9. The SMILES string of the molecule is COC(=O)CSCCC(=O)NCCCCN1CCN(c2cccc(C)c2)CC1. The predicted molar refractivity (Wildman–Crippen MR) is 116 cm³/mol. The number of carbonyl (C=O) groups is 2. The minimum atomic E-state index is -0.245. The summed E-state index contributed by atoms with van der Waals surface area (Å²) in [4.78, 5) is 27.7. The van der Waals surface area contributed by atoms with Crippen molar-refractivity contribution in [2.24, 2.45) is 0 Å². The van der Waals surface area contributed by atoms with Gasteiger partial charge in [0.2, 0.25) is 5.91 Å². The number of ether oxygens (including phenoxy) is 1. The second-order valence-electron chi connectivity index (χ2n) is 7.10. The Morgan fingerprint density at radius 2 is 1.96 bits per heavy atom. The van der Waals surface area contributed by atoms with Crippen LogP contribution in [0.2, 0.25) is 0 Å². The van der Waals surface area contributed by atoms with Gasteiger partial charge in [-0.2, -0.15) is 0 Å². The summed E-state index contributed by atoms with van der Waals surface area (Å²) in [5, 5.41) is 2.96. The van der Waals surface area contributed by atoms with Crippen molar-refractivity contribution in [3.05, 3.63) is 29.8 Å². The number of hydrogen-bond acceptors (Lipinski definition) is 6. The maximum Gasteiger partial charge on any atom is 0.315 e. The van der Waals surface area contributed by atoms with Gasteiger partial charge in [-0.15, -0.1) is 11.8 Å². The van der Waals surface area contributed by atoms with Gasteiger partial charge in [0.05, 0.1) is 12.9 Å². The van der Waals surface area contributed by atoms with E-state index in [9.17, 15) is 9.59 Å². The van der Waals surface area contributed by atoms with E-state index in [1.165, 1.54) is 30.1 Å². The van der Waals surface area contributed by atoms with Crippen molar-refractivity contribution in [3.8, 4) is 0 Å². The number of carbonyl (C=O) groups excluding carboxylic acids is 2. The van der Waals surface area contributed by atoms with Gasteiger partial charge in [0, 0.05) is 50.6 Å². The van der Waals surface area contributed by atoms with E-state index in [1.54, 1.807) is 0 Å². The number of unbranched alkanes of at least 4 members (excludes halogenated alkanes) is 1. The van der Waals surface area contributed by atoms with Gasteiger partial charge in [0.25, 0.3) is 0 Å². The largest absolute Gasteiger partial charge is 0.468 e. The number of methoxy groups -OCH3 is 1. The molecule has 0 saturated carbocycles. The first kappa shape index (κ1) is 22.6. The molecule has 1 aromatic rings. The summed E-state index contributed by atoms with van der Waals surface area (Å²) in [7, 11) is 1.37. The molecule has 1 aliphatic heterocycles. The molecule has 0 radical (unpaired) electrons. The Bertz CT molecular complexity index is 619. The smallest absolute Gasteiger partial charge is 0.315 e. The predicted octanol–water partition coefficient (Wildman–Crippen LogP) is 2.31. The lowest BCUT2D eigenvalue weighted by Crippen LogP contribution is -2.46. The minimum Gasteiger partial charge on any atom is -0.468 e. The van der Waals surface area contributed by atoms with Crippen LogP contribution in [0.15, 0.2) is 24.3 Å². The number of aryl methyl sites for hydroxylation is 1. The maximum absolute atomic E-state index is 11.8. The zero-order chi connectivity index (χ0) is 20.2. The number of anilines is 1. The Hall–Kier alpha value is -1.73. The van der Waals surface area contributed by atoms with Crippen LogP contribution in [0.3, 0.4) is 0 Å². The van der Waals surface area contributed by atoms with Crippen molar-refractivity contribution < 1.29 is 14.3 Å². The average molecular weight is 408 g/mol. The third kappa shape index (κ3) is 8.52. The van der Waals surface area contributed by atoms with Gasteiger partial charge in [-0.1, -0.05) is 12.1 Å². The highest BCUT2D eigenvalue weighted by molar-refractivity contribution is 7.99. The van der Waals surface area contributed by atoms with E-state index in [0.29, 0.717) is 17.9 Å². The Balaban J connectivity index is 1.48. The molecule has 1 N–H and O–H groups in total. The van der Waals surface area contributed by atoms with Gasteiger partial charge in [0.1, 0.15) is 0 Å². The van der Waals surface area contributed by atoms with Crippen LogP contribution in [0.1, 0.15) is 24.8 Å². The van der Waals surface area contributed by atoms with Crippen molar-refractivity contribution in [3.63, 3.8) is 0 Å². The Morgan fingerprint density at radius 1 is 1.18 bits per heavy atom. The summed E-state index contributed by atoms with van der Waals surface area (Å²) in [5.41, 5.74) is 2.64. The fraction of sp³-hybridized carbons (Fsp3) is 0.619. The van der Waals surface area contributed by atoms with Crippen LogP contribution in [0.5, 0.6) is 0 Å². The molecule has 0 spiro atoms. The molecule has 0 unspecified atom stereocenters. The lowest BCUT2D eigenvalue weighted by molar-refractivity contribution is -0.137. The van der Waals surface area contributed by atoms with E-state index in [-0.39, 0.29) is 11.9 Å². The molecular formula is C21H33N3O3S. The highest BCUT2D eigenvalue weighted by Gasteiger charge is 2.16. The van der Waals surface area contributed by atoms with Crippen LogP contribution in [-0.4, -0.2) is 74.7 Å². The number of nitrogens with zero attached hydrogens (tertiary/aromatic N) is 2. The fourth-order valence-corrected chi connectivity index (χ4v) is 3.97. The Kier molecular flexibility index (Phi) is 10.2. The fourth-order valence-electron chi connectivity index (χ4n) is 3.21. The molecule has 0 aromatic heterocycles. The summed E-state index contributed by atoms with van der Waals surface area (Å²) >= 11 is 1.43. The standard InChI is InChI=1S/C21H33N3O3S/c1-18-6-5-7-19(16-18)24-13-11-23(12-14-24)10-4-3-9-22-20(25)8-15-28-17-21(26)27-2/h5-7,16H,3-4,8-15,17H2,1-2H3,(H,22,25). The number of hydrogen-bond donors (Lipinski definition) is 1. The quantitative estimate of drug-likeness (QED) is 0.449. The van der Waals surface area contributed by atoms with Crippen molar-refractivity contribution in [2.75, 3.05) is 62.8 Å². The first-order chi connectivity index (χ1) is 13.6. The van der Waals surface area contributed by atoms with Crippen molar-refractivity contribution >= 4 is 29.3 Å². The van der Waals surface area contributed by atoms with Crippen LogP contribution in [-0.2, 0) is 14.3 Å². The van der Waals surface area contributed by atoms with E-state index in [4.69, 9.17) is 0 Å². The normalized spacial score (nSPS) is 14.7. The van der Waals surface area contributed by atoms with Crippen LogP contribution in [0.4, 0.5) is 5.69 Å². The lowest BCUT2D eigenvalue weighted by Gasteiger charge is -2.36. The summed E-state index contributed by atoms with van der Waals surface area (Å²) in [6.45, 7) is 8.29. The molecule has 1 fully saturated rings. The summed E-state index contributed by atoms with van der Waals surface area (Å²) in [5.74, 6) is 0.766. The molecule has 1 aromatic carbocycles. The van der Waals surface area contributed by atoms with Crippen LogP contribution in [0, 0.1) is 6.92 Å². The van der Waals surface area contributed by atoms with Gasteiger partial charge in [0.15, 0.2) is 0 Å². The molecule has 1 aliphatic rings. The second kappa shape index (κ2) is 12.7. The summed E-state index contributed by atoms with van der Waals surface area (Å²) in [6, 6.07) is 8.72. The monoisotopic (exact) mass is 407 g/mol. The Labute approximate surface area is 173 Å². The number of rotatable bonds is 11. The number of amides is 1. The molecule has 7 heteroatoms. The van der Waals surface area contributed by atoms with E-state index in [1.807, 2.05) is 0 Å². The molecule has 0 bridgehead atoms. The minimum absolute atomic E-state index is 0.0594. The van der Waals surface area contributed by atoms with Crippen molar-refractivity contribution in [1.29, 1.82) is 0 Å². The van der Waals surface area contributed by atoms with Gasteiger partial charge in [-0.25, -0.2) is 0 Å². The molecular weight excluding hydrogens is 374 g/mol. The molecule has 1 saturated heterocycles. The maximum atomic E-state index is 11.8. The molecule has 1 heterocycles. The third-order valence-electron chi connectivity index (χ3n) is 4.88. The van der Waals surface area contributed by atoms with Crippen LogP contribution in [0.25, 0.3) is 0 Å². The molecule has 0 aliphatic carbocycles. The van der Waals surface area contributed by atoms with E-state index >= 15 is 0 Å². The van der Waals surface area contributed by atoms with Gasteiger partial charge in [-0.05, 0) is 44.0 Å². The molecule has 156 valence electrons. The molecule has 2 rings (SSSR count). The summed E-state index contributed by atoms with van der Waals surface area (Å²) < 4.78 is 4.57. The Morgan fingerprint density at radius 3 is 2.68 bits per heavy atom. The molecule has 28 heavy (non-hydrogen) atoms. The topological polar surface area (TPSA) is 61.9 Å². The number of piperazine rings is 1. The molecule has 0 atom stereocenters.